The molecule has 0 radical (unpaired) electrons. The molecule has 2 heteroatoms. The number of rotatable bonds is 2. The number of allylic oxidation sites excluding steroid dienone is 1. The van der Waals surface area contributed by atoms with Gasteiger partial charge in [0.25, 0.3) is 0 Å². The molecule has 0 aromatic rings. The van der Waals surface area contributed by atoms with E-state index in [9.17, 15) is 0 Å². The molecule has 1 saturated heterocycles. The minimum absolute atomic E-state index is 0.745. The summed E-state index contributed by atoms with van der Waals surface area (Å²) in [5.41, 5.74) is 0. The Morgan fingerprint density at radius 1 is 1.36 bits per heavy atom. The quantitative estimate of drug-likeness (QED) is 0.459. The number of ether oxygens (including phenoxy) is 1. The number of nitrogens with zero attached hydrogens (tertiary/aromatic N) is 1. The summed E-state index contributed by atoms with van der Waals surface area (Å²) in [4.78, 5) is 0. The number of hydrogen-bond donors (Lipinski definition) is 0. The highest BCUT2D eigenvalue weighted by atomic mass is 16.5. The molecule has 0 bridgehead atoms. The van der Waals surface area contributed by atoms with Gasteiger partial charge in [-0.15, -0.1) is 6.42 Å². The van der Waals surface area contributed by atoms with Crippen LogP contribution in [0.3, 0.4) is 0 Å². The maximum atomic E-state index is 5.37. The average molecular weight is 190 g/mol. The molecule has 74 valence electrons. The second-order valence-electron chi connectivity index (χ2n) is 3.45. The Morgan fingerprint density at radius 3 is 2.64 bits per heavy atom. The van der Waals surface area contributed by atoms with Gasteiger partial charge in [0.2, 0.25) is 0 Å². The molecule has 0 aliphatic carbocycles. The van der Waals surface area contributed by atoms with Crippen molar-refractivity contribution >= 4 is 0 Å². The van der Waals surface area contributed by atoms with Crippen LogP contribution in [0.2, 0.25) is 0 Å². The molecule has 0 aromatic heterocycles. The molecule has 0 atom stereocenters. The van der Waals surface area contributed by atoms with Gasteiger partial charge in [-0.2, -0.15) is 0 Å². The SMILES string of the molecule is C#CC[N+]1(CC#CC=C)CCOCC1. The first-order valence-electron chi connectivity index (χ1n) is 4.78. The predicted octanol–water partition coefficient (Wildman–Crippen LogP) is 0.656. The third-order valence-electron chi connectivity index (χ3n) is 2.47. The summed E-state index contributed by atoms with van der Waals surface area (Å²) in [5, 5.41) is 0. The molecule has 0 saturated carbocycles. The summed E-state index contributed by atoms with van der Waals surface area (Å²) in [5.74, 6) is 8.68. The molecule has 1 aliphatic heterocycles. The highest BCUT2D eigenvalue weighted by Gasteiger charge is 2.28. The van der Waals surface area contributed by atoms with Gasteiger partial charge in [0, 0.05) is 0 Å². The van der Waals surface area contributed by atoms with Crippen LogP contribution in [-0.2, 0) is 4.74 Å². The maximum absolute atomic E-state index is 5.37. The Morgan fingerprint density at radius 2 is 2.07 bits per heavy atom. The Hall–Kier alpha value is -1.22. The summed E-state index contributed by atoms with van der Waals surface area (Å²) in [7, 11) is 0. The molecular formula is C12H16NO+. The summed E-state index contributed by atoms with van der Waals surface area (Å²) < 4.78 is 6.20. The third kappa shape index (κ3) is 2.92. The van der Waals surface area contributed by atoms with Crippen molar-refractivity contribution in [1.82, 2.24) is 0 Å². The van der Waals surface area contributed by atoms with Gasteiger partial charge in [-0.3, -0.25) is 4.48 Å². The summed E-state index contributed by atoms with van der Waals surface area (Å²) in [6.07, 6.45) is 6.99. The highest BCUT2D eigenvalue weighted by Crippen LogP contribution is 2.09. The van der Waals surface area contributed by atoms with Crippen molar-refractivity contribution in [2.75, 3.05) is 39.4 Å². The summed E-state index contributed by atoms with van der Waals surface area (Å²) in [6.45, 7) is 8.63. The fourth-order valence-corrected chi connectivity index (χ4v) is 1.58. The number of quaternary nitrogens is 1. The van der Waals surface area contributed by atoms with Gasteiger partial charge in [0.15, 0.2) is 0 Å². The van der Waals surface area contributed by atoms with Crippen molar-refractivity contribution in [3.63, 3.8) is 0 Å². The van der Waals surface area contributed by atoms with Crippen LogP contribution in [0.15, 0.2) is 12.7 Å². The molecule has 2 nitrogen and oxygen atoms in total. The van der Waals surface area contributed by atoms with Crippen LogP contribution < -0.4 is 0 Å². The first kappa shape index (κ1) is 10.9. The molecular weight excluding hydrogens is 174 g/mol. The van der Waals surface area contributed by atoms with Crippen LogP contribution in [0.4, 0.5) is 0 Å². The maximum Gasteiger partial charge on any atom is 0.142 e. The lowest BCUT2D eigenvalue weighted by Gasteiger charge is -2.38. The van der Waals surface area contributed by atoms with Crippen molar-refractivity contribution < 1.29 is 9.22 Å². The van der Waals surface area contributed by atoms with Gasteiger partial charge in [-0.25, -0.2) is 0 Å². The van der Waals surface area contributed by atoms with Crippen LogP contribution in [0.25, 0.3) is 0 Å². The van der Waals surface area contributed by atoms with Crippen LogP contribution in [0.1, 0.15) is 0 Å². The van der Waals surface area contributed by atoms with E-state index in [1.165, 1.54) is 0 Å². The van der Waals surface area contributed by atoms with Crippen LogP contribution >= 0.6 is 0 Å². The standard InChI is InChI=1S/C12H16NO/c1-3-5-6-8-13(7-4-2)9-11-14-12-10-13/h2-3H,1,7-12H2/q+1. The van der Waals surface area contributed by atoms with Crippen molar-refractivity contribution in [2.24, 2.45) is 0 Å². The zero-order chi connectivity index (χ0) is 10.3. The van der Waals surface area contributed by atoms with E-state index in [1.54, 1.807) is 6.08 Å². The van der Waals surface area contributed by atoms with Crippen molar-refractivity contribution in [3.8, 4) is 24.2 Å². The Balaban J connectivity index is 2.60. The van der Waals surface area contributed by atoms with Crippen molar-refractivity contribution in [1.29, 1.82) is 0 Å². The molecule has 0 spiro atoms. The van der Waals surface area contributed by atoms with Crippen LogP contribution in [0, 0.1) is 24.2 Å². The fourth-order valence-electron chi connectivity index (χ4n) is 1.58. The van der Waals surface area contributed by atoms with E-state index in [0.29, 0.717) is 0 Å². The molecule has 0 amide bonds. The van der Waals surface area contributed by atoms with Gasteiger partial charge in [-0.05, 0) is 17.9 Å². The van der Waals surface area contributed by atoms with Gasteiger partial charge in [-0.1, -0.05) is 12.5 Å². The van der Waals surface area contributed by atoms with E-state index in [2.05, 4.69) is 24.3 Å². The van der Waals surface area contributed by atoms with E-state index in [-0.39, 0.29) is 0 Å². The first-order valence-corrected chi connectivity index (χ1v) is 4.78. The summed E-state index contributed by atoms with van der Waals surface area (Å²) in [6, 6.07) is 0. The molecule has 1 aliphatic rings. The molecule has 0 unspecified atom stereocenters. The van der Waals surface area contributed by atoms with Gasteiger partial charge < -0.3 is 4.74 Å². The molecule has 0 aromatic carbocycles. The predicted molar refractivity (Wildman–Crippen MR) is 57.4 cm³/mol. The van der Waals surface area contributed by atoms with Gasteiger partial charge in [0.05, 0.1) is 13.2 Å². The molecule has 1 heterocycles. The largest absolute Gasteiger partial charge is 0.370 e. The number of terminal acetylenes is 1. The minimum Gasteiger partial charge on any atom is -0.370 e. The summed E-state index contributed by atoms with van der Waals surface area (Å²) >= 11 is 0. The normalized spacial score (nSPS) is 18.8. The van der Waals surface area contributed by atoms with Gasteiger partial charge in [0.1, 0.15) is 26.2 Å². The minimum atomic E-state index is 0.745. The number of hydrogen-bond acceptors (Lipinski definition) is 1. The molecule has 1 fully saturated rings. The van der Waals surface area contributed by atoms with E-state index in [1.807, 2.05) is 0 Å². The molecule has 1 rings (SSSR count). The Bertz CT molecular complexity index is 284. The van der Waals surface area contributed by atoms with Crippen molar-refractivity contribution in [3.05, 3.63) is 12.7 Å². The average Bonchev–Trinajstić information content (AvgIpc) is 2.20. The zero-order valence-corrected chi connectivity index (χ0v) is 8.46. The second kappa shape index (κ2) is 5.50. The topological polar surface area (TPSA) is 9.23 Å². The Labute approximate surface area is 86.1 Å². The molecule has 0 N–H and O–H groups in total. The van der Waals surface area contributed by atoms with Crippen molar-refractivity contribution in [2.45, 2.75) is 0 Å². The van der Waals surface area contributed by atoms with E-state index in [0.717, 1.165) is 43.9 Å². The lowest BCUT2D eigenvalue weighted by Crippen LogP contribution is -2.55. The van der Waals surface area contributed by atoms with Crippen LogP contribution in [-0.4, -0.2) is 43.9 Å². The monoisotopic (exact) mass is 190 g/mol. The van der Waals surface area contributed by atoms with Crippen LogP contribution in [0.5, 0.6) is 0 Å². The van der Waals surface area contributed by atoms with E-state index >= 15 is 0 Å². The lowest BCUT2D eigenvalue weighted by molar-refractivity contribution is -0.922. The lowest BCUT2D eigenvalue weighted by atomic mass is 10.3. The second-order valence-corrected chi connectivity index (χ2v) is 3.45. The smallest absolute Gasteiger partial charge is 0.142 e. The van der Waals surface area contributed by atoms with E-state index in [4.69, 9.17) is 11.2 Å². The van der Waals surface area contributed by atoms with E-state index < -0.39 is 0 Å². The fraction of sp³-hybridized carbons (Fsp3) is 0.500. The molecule has 14 heavy (non-hydrogen) atoms. The first-order chi connectivity index (χ1) is 6.83. The zero-order valence-electron chi connectivity index (χ0n) is 8.46. The number of morpholine rings is 1. The van der Waals surface area contributed by atoms with Gasteiger partial charge >= 0.3 is 0 Å². The highest BCUT2D eigenvalue weighted by molar-refractivity contribution is 5.12. The third-order valence-corrected chi connectivity index (χ3v) is 2.47. The Kier molecular flexibility index (Phi) is 4.26.